The number of hydrogen-bond acceptors (Lipinski definition) is 2. The lowest BCUT2D eigenvalue weighted by atomic mass is 9.92. The van der Waals surface area contributed by atoms with Crippen LogP contribution in [-0.4, -0.2) is 11.1 Å². The number of carboxylic acid groups (broad SMARTS) is 1. The van der Waals surface area contributed by atoms with Crippen molar-refractivity contribution in [3.8, 4) is 0 Å². The quantitative estimate of drug-likeness (QED) is 0.493. The number of nitrogens with two attached hydrogens (primary N) is 1. The van der Waals surface area contributed by atoms with Gasteiger partial charge in [0.1, 0.15) is 0 Å². The molecule has 0 fully saturated rings. The number of carbonyl (C=O) groups is 1. The van der Waals surface area contributed by atoms with E-state index < -0.39 is 11.9 Å². The van der Waals surface area contributed by atoms with Crippen molar-refractivity contribution in [3.05, 3.63) is 28.2 Å². The average Bonchev–Trinajstić information content (AvgIpc) is 2.41. The van der Waals surface area contributed by atoms with Crippen LogP contribution in [0.5, 0.6) is 0 Å². The number of nitrogen functional groups attached to an aromatic ring is 1. The summed E-state index contributed by atoms with van der Waals surface area (Å²) in [6, 6.07) is 5.49. The molecule has 0 aliphatic heterocycles. The van der Waals surface area contributed by atoms with Crippen molar-refractivity contribution in [2.45, 2.75) is 57.8 Å². The van der Waals surface area contributed by atoms with E-state index >= 15 is 0 Å². The standard InChI is InChI=1S/C16H24BrNO2/c1-2-3-4-5-6-7-9-13(16(19)20)12-10-8-11-14(17)15(12)18/h8,10-11,13H,2-7,9,18H2,1H3,(H,19,20). The zero-order valence-electron chi connectivity index (χ0n) is 12.1. The van der Waals surface area contributed by atoms with Crippen molar-refractivity contribution in [1.82, 2.24) is 0 Å². The topological polar surface area (TPSA) is 63.3 Å². The second kappa shape index (κ2) is 9.01. The van der Waals surface area contributed by atoms with Crippen LogP contribution in [-0.2, 0) is 4.79 Å². The number of aliphatic carboxylic acids is 1. The smallest absolute Gasteiger partial charge is 0.311 e. The summed E-state index contributed by atoms with van der Waals surface area (Å²) in [4.78, 5) is 11.5. The Labute approximate surface area is 129 Å². The predicted octanol–water partition coefficient (Wildman–Crippen LogP) is 4.95. The molecule has 0 saturated carbocycles. The van der Waals surface area contributed by atoms with Gasteiger partial charge < -0.3 is 10.8 Å². The predicted molar refractivity (Wildman–Crippen MR) is 86.9 cm³/mol. The van der Waals surface area contributed by atoms with E-state index in [4.69, 9.17) is 5.73 Å². The lowest BCUT2D eigenvalue weighted by molar-refractivity contribution is -0.139. The Kier molecular flexibility index (Phi) is 7.67. The maximum absolute atomic E-state index is 11.5. The lowest BCUT2D eigenvalue weighted by Gasteiger charge is -2.15. The van der Waals surface area contributed by atoms with E-state index in [1.807, 2.05) is 18.2 Å². The molecule has 0 aliphatic rings. The number of para-hydroxylation sites is 1. The van der Waals surface area contributed by atoms with Crippen LogP contribution in [0.15, 0.2) is 22.7 Å². The molecule has 0 bridgehead atoms. The largest absolute Gasteiger partial charge is 0.481 e. The van der Waals surface area contributed by atoms with E-state index in [-0.39, 0.29) is 0 Å². The summed E-state index contributed by atoms with van der Waals surface area (Å²) in [7, 11) is 0. The minimum atomic E-state index is -0.789. The van der Waals surface area contributed by atoms with Gasteiger partial charge in [0.15, 0.2) is 0 Å². The fourth-order valence-electron chi connectivity index (χ4n) is 2.40. The molecule has 0 aliphatic carbocycles. The van der Waals surface area contributed by atoms with Crippen LogP contribution in [0.3, 0.4) is 0 Å². The number of benzene rings is 1. The molecule has 0 amide bonds. The second-order valence-corrected chi connectivity index (χ2v) is 6.04. The summed E-state index contributed by atoms with van der Waals surface area (Å²) in [5, 5.41) is 9.41. The normalized spacial score (nSPS) is 12.3. The van der Waals surface area contributed by atoms with Crippen molar-refractivity contribution in [3.63, 3.8) is 0 Å². The number of carboxylic acids is 1. The van der Waals surface area contributed by atoms with Crippen LogP contribution in [0.25, 0.3) is 0 Å². The molecule has 1 aromatic carbocycles. The van der Waals surface area contributed by atoms with Gasteiger partial charge in [0.2, 0.25) is 0 Å². The summed E-state index contributed by atoms with van der Waals surface area (Å²) in [6.07, 6.45) is 7.61. The Hall–Kier alpha value is -1.03. The van der Waals surface area contributed by atoms with Gasteiger partial charge in [0.25, 0.3) is 0 Å². The number of unbranched alkanes of at least 4 members (excludes halogenated alkanes) is 5. The maximum Gasteiger partial charge on any atom is 0.311 e. The number of hydrogen-bond donors (Lipinski definition) is 2. The molecule has 3 nitrogen and oxygen atoms in total. The fraction of sp³-hybridized carbons (Fsp3) is 0.562. The summed E-state index contributed by atoms with van der Waals surface area (Å²) in [5.41, 5.74) is 7.25. The van der Waals surface area contributed by atoms with E-state index in [9.17, 15) is 9.90 Å². The van der Waals surface area contributed by atoms with E-state index in [1.165, 1.54) is 25.7 Å². The van der Waals surface area contributed by atoms with E-state index in [0.717, 1.165) is 22.9 Å². The molecule has 3 N–H and O–H groups in total. The molecule has 0 aromatic heterocycles. The van der Waals surface area contributed by atoms with Crippen LogP contribution in [0.4, 0.5) is 5.69 Å². The van der Waals surface area contributed by atoms with Crippen molar-refractivity contribution < 1.29 is 9.90 Å². The van der Waals surface area contributed by atoms with E-state index in [0.29, 0.717) is 12.1 Å². The number of anilines is 1. The molecule has 0 spiro atoms. The van der Waals surface area contributed by atoms with Crippen molar-refractivity contribution in [2.24, 2.45) is 0 Å². The molecule has 1 atom stereocenters. The minimum absolute atomic E-state index is 0.501. The average molecular weight is 342 g/mol. The number of halogens is 1. The molecule has 4 heteroatoms. The zero-order chi connectivity index (χ0) is 15.0. The Balaban J connectivity index is 2.57. The van der Waals surface area contributed by atoms with Crippen LogP contribution < -0.4 is 5.73 Å². The second-order valence-electron chi connectivity index (χ2n) is 5.19. The Morgan fingerprint density at radius 2 is 1.90 bits per heavy atom. The molecule has 112 valence electrons. The first-order valence-electron chi connectivity index (χ1n) is 7.34. The lowest BCUT2D eigenvalue weighted by Crippen LogP contribution is -2.13. The van der Waals surface area contributed by atoms with Gasteiger partial charge >= 0.3 is 5.97 Å². The van der Waals surface area contributed by atoms with Gasteiger partial charge in [0.05, 0.1) is 5.92 Å². The summed E-state index contributed by atoms with van der Waals surface area (Å²) >= 11 is 3.36. The molecular weight excluding hydrogens is 318 g/mol. The highest BCUT2D eigenvalue weighted by Gasteiger charge is 2.22. The van der Waals surface area contributed by atoms with Gasteiger partial charge in [-0.05, 0) is 34.0 Å². The Bertz CT molecular complexity index is 434. The van der Waals surface area contributed by atoms with E-state index in [1.54, 1.807) is 0 Å². The van der Waals surface area contributed by atoms with Crippen molar-refractivity contribution in [1.29, 1.82) is 0 Å². The van der Waals surface area contributed by atoms with Gasteiger partial charge in [-0.3, -0.25) is 4.79 Å². The summed E-state index contributed by atoms with van der Waals surface area (Å²) < 4.78 is 0.768. The van der Waals surface area contributed by atoms with Crippen LogP contribution in [0.1, 0.15) is 63.4 Å². The maximum atomic E-state index is 11.5. The molecule has 1 rings (SSSR count). The van der Waals surface area contributed by atoms with Gasteiger partial charge in [-0.2, -0.15) is 0 Å². The highest BCUT2D eigenvalue weighted by atomic mass is 79.9. The van der Waals surface area contributed by atoms with Crippen LogP contribution >= 0.6 is 15.9 Å². The van der Waals surface area contributed by atoms with Gasteiger partial charge in [-0.25, -0.2) is 0 Å². The summed E-state index contributed by atoms with van der Waals surface area (Å²) in [5.74, 6) is -1.29. The molecule has 0 heterocycles. The first-order valence-corrected chi connectivity index (χ1v) is 8.14. The van der Waals surface area contributed by atoms with Crippen molar-refractivity contribution in [2.75, 3.05) is 5.73 Å². The molecule has 1 aromatic rings. The molecule has 0 radical (unpaired) electrons. The first kappa shape index (κ1) is 17.0. The Morgan fingerprint density at radius 3 is 2.55 bits per heavy atom. The van der Waals surface area contributed by atoms with Gasteiger partial charge in [-0.1, -0.05) is 57.6 Å². The monoisotopic (exact) mass is 341 g/mol. The molecule has 0 saturated heterocycles. The third-order valence-electron chi connectivity index (χ3n) is 3.61. The zero-order valence-corrected chi connectivity index (χ0v) is 13.7. The molecular formula is C16H24BrNO2. The Morgan fingerprint density at radius 1 is 1.25 bits per heavy atom. The third kappa shape index (κ3) is 5.16. The van der Waals surface area contributed by atoms with Gasteiger partial charge in [0, 0.05) is 10.2 Å². The first-order chi connectivity index (χ1) is 9.57. The molecule has 20 heavy (non-hydrogen) atoms. The van der Waals surface area contributed by atoms with E-state index in [2.05, 4.69) is 22.9 Å². The van der Waals surface area contributed by atoms with Gasteiger partial charge in [-0.15, -0.1) is 0 Å². The highest BCUT2D eigenvalue weighted by Crippen LogP contribution is 2.32. The number of rotatable bonds is 9. The minimum Gasteiger partial charge on any atom is -0.481 e. The van der Waals surface area contributed by atoms with Crippen LogP contribution in [0, 0.1) is 0 Å². The fourth-order valence-corrected chi connectivity index (χ4v) is 2.78. The third-order valence-corrected chi connectivity index (χ3v) is 4.30. The molecule has 1 unspecified atom stereocenters. The summed E-state index contributed by atoms with van der Waals surface area (Å²) in [6.45, 7) is 2.19. The van der Waals surface area contributed by atoms with Crippen molar-refractivity contribution >= 4 is 27.6 Å². The van der Waals surface area contributed by atoms with Crippen LogP contribution in [0.2, 0.25) is 0 Å². The SMILES string of the molecule is CCCCCCCCC(C(=O)O)c1cccc(Br)c1N. The highest BCUT2D eigenvalue weighted by molar-refractivity contribution is 9.10.